The number of H-pyrrole nitrogens is 1. The molecule has 1 aliphatic carbocycles. The van der Waals surface area contributed by atoms with Gasteiger partial charge in [-0.2, -0.15) is 0 Å². The van der Waals surface area contributed by atoms with Crippen LogP contribution in [-0.2, 0) is 11.2 Å². The van der Waals surface area contributed by atoms with Crippen molar-refractivity contribution in [3.05, 3.63) is 71.2 Å². The Balaban J connectivity index is 1.51. The summed E-state index contributed by atoms with van der Waals surface area (Å²) in [5.41, 5.74) is 4.24. The van der Waals surface area contributed by atoms with Gasteiger partial charge < -0.3 is 9.88 Å². The molecule has 0 bridgehead atoms. The topological polar surface area (TPSA) is 39.3 Å². The van der Waals surface area contributed by atoms with E-state index in [1.807, 2.05) is 29.2 Å². The van der Waals surface area contributed by atoms with Gasteiger partial charge in [-0.1, -0.05) is 49.6 Å². The minimum atomic E-state index is -0.309. The standard InChI is InChI=1S/C25H24FN3OS/c26-16-12-10-15(11-13-16)23-22-19(18-8-4-5-9-20(18)27-22)14-21-24(30)28(25(31)29(21)23)17-6-2-1-3-7-17/h4-5,8-13,17,21,23,27H,1-3,6-7,14H2/t21-,23-/m0/s1. The van der Waals surface area contributed by atoms with Crippen molar-refractivity contribution in [1.29, 1.82) is 0 Å². The average Bonchev–Trinajstić information content (AvgIpc) is 3.29. The Morgan fingerprint density at radius 2 is 1.74 bits per heavy atom. The Morgan fingerprint density at radius 1 is 1.00 bits per heavy atom. The van der Waals surface area contributed by atoms with E-state index in [0.29, 0.717) is 11.5 Å². The third-order valence-corrected chi connectivity index (χ3v) is 7.61. The first-order valence-corrected chi connectivity index (χ1v) is 11.5. The number of nitrogens with zero attached hydrogens (tertiary/aromatic N) is 2. The fraction of sp³-hybridized carbons (Fsp3) is 0.360. The van der Waals surface area contributed by atoms with Gasteiger partial charge in [0, 0.05) is 29.1 Å². The number of benzene rings is 2. The number of aromatic nitrogens is 1. The van der Waals surface area contributed by atoms with Crippen LogP contribution in [0.4, 0.5) is 4.39 Å². The molecule has 3 heterocycles. The van der Waals surface area contributed by atoms with Gasteiger partial charge in [0.25, 0.3) is 5.91 Å². The molecule has 1 aromatic heterocycles. The highest BCUT2D eigenvalue weighted by molar-refractivity contribution is 7.80. The number of fused-ring (bicyclic) bond motifs is 4. The molecular weight excluding hydrogens is 409 g/mol. The Morgan fingerprint density at radius 3 is 2.52 bits per heavy atom. The van der Waals surface area contributed by atoms with E-state index in [1.165, 1.54) is 24.1 Å². The number of aromatic amines is 1. The highest BCUT2D eigenvalue weighted by Gasteiger charge is 2.52. The molecule has 2 aromatic carbocycles. The Bertz CT molecular complexity index is 1180. The van der Waals surface area contributed by atoms with Gasteiger partial charge >= 0.3 is 0 Å². The van der Waals surface area contributed by atoms with Crippen molar-refractivity contribution in [3.63, 3.8) is 0 Å². The molecule has 3 aromatic rings. The van der Waals surface area contributed by atoms with E-state index in [4.69, 9.17) is 12.2 Å². The molecule has 2 aliphatic heterocycles. The van der Waals surface area contributed by atoms with Crippen molar-refractivity contribution in [3.8, 4) is 0 Å². The first-order valence-electron chi connectivity index (χ1n) is 11.1. The third kappa shape index (κ3) is 2.84. The summed E-state index contributed by atoms with van der Waals surface area (Å²) < 4.78 is 13.7. The normalized spacial score (nSPS) is 24.0. The first kappa shape index (κ1) is 19.0. The summed E-state index contributed by atoms with van der Waals surface area (Å²) in [6.45, 7) is 0. The number of carbonyl (C=O) groups excluding carboxylic acids is 1. The Kier molecular flexibility index (Phi) is 4.39. The molecule has 6 heteroatoms. The van der Waals surface area contributed by atoms with Crippen molar-refractivity contribution in [2.45, 2.75) is 56.7 Å². The summed E-state index contributed by atoms with van der Waals surface area (Å²) in [6.07, 6.45) is 6.19. The molecule has 0 radical (unpaired) electrons. The van der Waals surface area contributed by atoms with Crippen LogP contribution >= 0.6 is 12.2 Å². The average molecular weight is 434 g/mol. The zero-order valence-corrected chi connectivity index (χ0v) is 18.0. The van der Waals surface area contributed by atoms with Gasteiger partial charge in [-0.05, 0) is 54.4 Å². The van der Waals surface area contributed by atoms with Gasteiger partial charge in [0.05, 0.1) is 6.04 Å². The zero-order valence-electron chi connectivity index (χ0n) is 17.2. The second-order valence-corrected chi connectivity index (χ2v) is 9.29. The number of amides is 1. The second kappa shape index (κ2) is 7.16. The lowest BCUT2D eigenvalue weighted by Gasteiger charge is -2.38. The van der Waals surface area contributed by atoms with Crippen LogP contribution in [0.2, 0.25) is 0 Å². The number of nitrogens with one attached hydrogen (secondary N) is 1. The maximum Gasteiger partial charge on any atom is 0.252 e. The van der Waals surface area contributed by atoms with Gasteiger partial charge in [0.2, 0.25) is 0 Å². The largest absolute Gasteiger partial charge is 0.356 e. The maximum atomic E-state index is 13.7. The van der Waals surface area contributed by atoms with Crippen LogP contribution in [0.25, 0.3) is 10.9 Å². The number of para-hydroxylation sites is 1. The molecule has 2 fully saturated rings. The molecule has 0 spiro atoms. The summed E-state index contributed by atoms with van der Waals surface area (Å²) in [5, 5.41) is 1.78. The van der Waals surface area contributed by atoms with E-state index in [0.717, 1.165) is 47.8 Å². The van der Waals surface area contributed by atoms with Crippen molar-refractivity contribution < 1.29 is 9.18 Å². The molecule has 31 heavy (non-hydrogen) atoms. The zero-order chi connectivity index (χ0) is 21.1. The van der Waals surface area contributed by atoms with Gasteiger partial charge in [0.15, 0.2) is 5.11 Å². The molecule has 1 saturated carbocycles. The summed E-state index contributed by atoms with van der Waals surface area (Å²) in [4.78, 5) is 21.3. The van der Waals surface area contributed by atoms with Crippen LogP contribution in [0.3, 0.4) is 0 Å². The van der Waals surface area contributed by atoms with Gasteiger partial charge in [-0.25, -0.2) is 4.39 Å². The number of hydrogen-bond acceptors (Lipinski definition) is 2. The van der Waals surface area contributed by atoms with Gasteiger partial charge in [-0.3, -0.25) is 9.69 Å². The minimum Gasteiger partial charge on any atom is -0.356 e. The van der Waals surface area contributed by atoms with Gasteiger partial charge in [-0.15, -0.1) is 0 Å². The first-order chi connectivity index (χ1) is 15.1. The summed E-state index contributed by atoms with van der Waals surface area (Å²) in [7, 11) is 0. The summed E-state index contributed by atoms with van der Waals surface area (Å²) in [5.74, 6) is -0.142. The lowest BCUT2D eigenvalue weighted by molar-refractivity contribution is -0.130. The van der Waals surface area contributed by atoms with E-state index in [-0.39, 0.29) is 29.8 Å². The lowest BCUT2D eigenvalue weighted by Crippen LogP contribution is -2.44. The summed E-state index contributed by atoms with van der Waals surface area (Å²) >= 11 is 5.95. The number of carbonyl (C=O) groups is 1. The fourth-order valence-electron chi connectivity index (χ4n) is 5.76. The minimum absolute atomic E-state index is 0.125. The monoisotopic (exact) mass is 433 g/mol. The quantitative estimate of drug-likeness (QED) is 0.573. The van der Waals surface area contributed by atoms with Crippen LogP contribution in [0.15, 0.2) is 48.5 Å². The molecule has 3 aliphatic rings. The van der Waals surface area contributed by atoms with Crippen LogP contribution in [0.5, 0.6) is 0 Å². The van der Waals surface area contributed by atoms with Crippen molar-refractivity contribution in [2.24, 2.45) is 0 Å². The van der Waals surface area contributed by atoms with Crippen LogP contribution in [-0.4, -0.2) is 37.9 Å². The van der Waals surface area contributed by atoms with Crippen LogP contribution < -0.4 is 0 Å². The predicted octanol–water partition coefficient (Wildman–Crippen LogP) is 5.08. The molecule has 6 rings (SSSR count). The van der Waals surface area contributed by atoms with Crippen LogP contribution in [0.1, 0.15) is 55.0 Å². The van der Waals surface area contributed by atoms with E-state index >= 15 is 0 Å². The fourth-order valence-corrected chi connectivity index (χ4v) is 6.23. The number of rotatable bonds is 2. The van der Waals surface area contributed by atoms with Crippen LogP contribution in [0, 0.1) is 5.82 Å². The Hall–Kier alpha value is -2.73. The molecule has 1 saturated heterocycles. The van der Waals surface area contributed by atoms with E-state index in [1.54, 1.807) is 0 Å². The molecule has 1 N–H and O–H groups in total. The lowest BCUT2D eigenvalue weighted by atomic mass is 9.89. The second-order valence-electron chi connectivity index (χ2n) is 8.93. The third-order valence-electron chi connectivity index (χ3n) is 7.21. The van der Waals surface area contributed by atoms with E-state index in [2.05, 4.69) is 22.0 Å². The van der Waals surface area contributed by atoms with Crippen molar-refractivity contribution in [2.75, 3.05) is 0 Å². The smallest absolute Gasteiger partial charge is 0.252 e. The summed E-state index contributed by atoms with van der Waals surface area (Å²) in [6, 6.07) is 14.5. The molecule has 0 unspecified atom stereocenters. The van der Waals surface area contributed by atoms with Gasteiger partial charge in [0.1, 0.15) is 11.9 Å². The predicted molar refractivity (Wildman–Crippen MR) is 122 cm³/mol. The highest BCUT2D eigenvalue weighted by atomic mass is 32.1. The van der Waals surface area contributed by atoms with E-state index < -0.39 is 0 Å². The Labute approximate surface area is 186 Å². The molecule has 4 nitrogen and oxygen atoms in total. The van der Waals surface area contributed by atoms with E-state index in [9.17, 15) is 9.18 Å². The number of thiocarbonyl (C=S) groups is 1. The molecule has 2 atom stereocenters. The molecular formula is C25H24FN3OS. The number of hydrogen-bond donors (Lipinski definition) is 1. The highest BCUT2D eigenvalue weighted by Crippen LogP contribution is 2.45. The van der Waals surface area contributed by atoms with Crippen molar-refractivity contribution in [1.82, 2.24) is 14.8 Å². The number of halogens is 1. The molecule has 1 amide bonds. The molecule has 158 valence electrons. The maximum absolute atomic E-state index is 13.7. The van der Waals surface area contributed by atoms with Crippen molar-refractivity contribution >= 4 is 34.1 Å². The SMILES string of the molecule is O=C1[C@@H]2Cc3c([nH]c4ccccc34)[C@H](c3ccc(F)cc3)N2C(=S)N1C1CCCCC1.